The van der Waals surface area contributed by atoms with Crippen molar-refractivity contribution in [3.63, 3.8) is 0 Å². The fourth-order valence-electron chi connectivity index (χ4n) is 3.09. The molecule has 0 aromatic heterocycles. The van der Waals surface area contributed by atoms with Crippen molar-refractivity contribution in [3.8, 4) is 0 Å². The van der Waals surface area contributed by atoms with E-state index in [9.17, 15) is 13.2 Å². The highest BCUT2D eigenvalue weighted by Gasteiger charge is 2.30. The third-order valence-corrected chi connectivity index (χ3v) is 6.20. The van der Waals surface area contributed by atoms with E-state index in [2.05, 4.69) is 4.72 Å². The second-order valence-corrected chi connectivity index (χ2v) is 8.56. The quantitative estimate of drug-likeness (QED) is 0.600. The Morgan fingerprint density at radius 3 is 1.93 bits per heavy atom. The molecule has 0 amide bonds. The van der Waals surface area contributed by atoms with Crippen LogP contribution in [0, 0.1) is 12.8 Å². The van der Waals surface area contributed by atoms with Crippen LogP contribution >= 0.6 is 0 Å². The summed E-state index contributed by atoms with van der Waals surface area (Å²) in [6.45, 7) is 3.65. The number of carbonyl (C=O) groups is 1. The number of Topliss-reactive ketones (excluding diaryl/α,β-unsaturated/α-hetero) is 1. The lowest BCUT2D eigenvalue weighted by atomic mass is 9.89. The molecule has 3 rings (SSSR count). The van der Waals surface area contributed by atoms with Crippen LogP contribution in [0.25, 0.3) is 0 Å². The molecule has 0 aliphatic carbocycles. The fraction of sp³-hybridized carbons (Fsp3) is 0.174. The highest BCUT2D eigenvalue weighted by molar-refractivity contribution is 7.89. The minimum atomic E-state index is -3.79. The Labute approximate surface area is 166 Å². The van der Waals surface area contributed by atoms with E-state index in [1.54, 1.807) is 55.5 Å². The largest absolute Gasteiger partial charge is 0.294 e. The average molecular weight is 394 g/mol. The predicted octanol–water partition coefficient (Wildman–Crippen LogP) is 4.53. The fourth-order valence-corrected chi connectivity index (χ4v) is 4.39. The van der Waals surface area contributed by atoms with Gasteiger partial charge in [-0.05, 0) is 24.6 Å². The van der Waals surface area contributed by atoms with E-state index in [1.165, 1.54) is 0 Å². The highest BCUT2D eigenvalue weighted by atomic mass is 32.2. The number of aryl methyl sites for hydroxylation is 1. The van der Waals surface area contributed by atoms with Gasteiger partial charge in [-0.15, -0.1) is 0 Å². The van der Waals surface area contributed by atoms with Crippen LogP contribution in [0.5, 0.6) is 0 Å². The lowest BCUT2D eigenvalue weighted by molar-refractivity contribution is 0.0908. The molecule has 4 nitrogen and oxygen atoms in total. The van der Waals surface area contributed by atoms with Crippen LogP contribution in [0.3, 0.4) is 0 Å². The smallest absolute Gasteiger partial charge is 0.241 e. The maximum atomic E-state index is 13.0. The van der Waals surface area contributed by atoms with Crippen LogP contribution in [-0.2, 0) is 10.0 Å². The Balaban J connectivity index is 1.96. The summed E-state index contributed by atoms with van der Waals surface area (Å²) < 4.78 is 28.7. The van der Waals surface area contributed by atoms with Gasteiger partial charge in [0.1, 0.15) is 0 Å². The van der Waals surface area contributed by atoms with Crippen LogP contribution in [0.4, 0.5) is 0 Å². The average Bonchev–Trinajstić information content (AvgIpc) is 2.72. The van der Waals surface area contributed by atoms with E-state index >= 15 is 0 Å². The molecule has 0 aliphatic heterocycles. The van der Waals surface area contributed by atoms with Gasteiger partial charge in [0.25, 0.3) is 0 Å². The summed E-state index contributed by atoms with van der Waals surface area (Å²) in [4.78, 5) is 13.2. The molecule has 0 spiro atoms. The summed E-state index contributed by atoms with van der Waals surface area (Å²) in [7, 11) is -3.79. The standard InChI is InChI=1S/C23H23NO3S/c1-17-13-15-21(16-14-17)28(26,27)24-22(19-9-5-3-6-10-19)18(2)23(25)20-11-7-4-8-12-20/h3-16,18,22,24H,1-2H3. The van der Waals surface area contributed by atoms with Crippen molar-refractivity contribution >= 4 is 15.8 Å². The molecule has 0 saturated heterocycles. The summed E-state index contributed by atoms with van der Waals surface area (Å²) in [5, 5.41) is 0. The van der Waals surface area contributed by atoms with Gasteiger partial charge in [0.05, 0.1) is 10.9 Å². The highest BCUT2D eigenvalue weighted by Crippen LogP contribution is 2.27. The minimum Gasteiger partial charge on any atom is -0.294 e. The minimum absolute atomic E-state index is 0.110. The summed E-state index contributed by atoms with van der Waals surface area (Å²) in [6, 6.07) is 24.1. The first-order valence-electron chi connectivity index (χ1n) is 9.12. The van der Waals surface area contributed by atoms with Crippen molar-refractivity contribution < 1.29 is 13.2 Å². The molecule has 0 aliphatic rings. The Morgan fingerprint density at radius 1 is 0.821 bits per heavy atom. The Bertz CT molecular complexity index is 1030. The number of hydrogen-bond donors (Lipinski definition) is 1. The first kappa shape index (κ1) is 20.0. The maximum absolute atomic E-state index is 13.0. The van der Waals surface area contributed by atoms with E-state index in [4.69, 9.17) is 0 Å². The first-order valence-corrected chi connectivity index (χ1v) is 10.6. The molecule has 0 heterocycles. The summed E-state index contributed by atoms with van der Waals surface area (Å²) >= 11 is 0. The first-order chi connectivity index (χ1) is 13.4. The third-order valence-electron chi connectivity index (χ3n) is 4.74. The van der Waals surface area contributed by atoms with Crippen LogP contribution in [0.15, 0.2) is 89.8 Å². The lowest BCUT2D eigenvalue weighted by Crippen LogP contribution is -2.35. The second-order valence-electron chi connectivity index (χ2n) is 6.84. The van der Waals surface area contributed by atoms with Crippen molar-refractivity contribution in [3.05, 3.63) is 102 Å². The molecule has 0 saturated carbocycles. The van der Waals surface area contributed by atoms with Gasteiger partial charge < -0.3 is 0 Å². The molecule has 3 aromatic rings. The molecule has 3 aromatic carbocycles. The Kier molecular flexibility index (Phi) is 6.07. The number of ketones is 1. The van der Waals surface area contributed by atoms with Crippen LogP contribution < -0.4 is 4.72 Å². The number of hydrogen-bond acceptors (Lipinski definition) is 3. The molecule has 0 bridgehead atoms. The molecule has 5 heteroatoms. The Morgan fingerprint density at radius 2 is 1.36 bits per heavy atom. The van der Waals surface area contributed by atoms with Crippen molar-refractivity contribution in [2.45, 2.75) is 24.8 Å². The maximum Gasteiger partial charge on any atom is 0.241 e. The number of carbonyl (C=O) groups excluding carboxylic acids is 1. The third kappa shape index (κ3) is 4.55. The van der Waals surface area contributed by atoms with Gasteiger partial charge in [0.15, 0.2) is 5.78 Å². The van der Waals surface area contributed by atoms with E-state index in [-0.39, 0.29) is 10.7 Å². The van der Waals surface area contributed by atoms with Crippen molar-refractivity contribution in [1.29, 1.82) is 0 Å². The van der Waals surface area contributed by atoms with E-state index < -0.39 is 22.0 Å². The zero-order valence-corrected chi connectivity index (χ0v) is 16.7. The van der Waals surface area contributed by atoms with Crippen LogP contribution in [0.1, 0.15) is 34.5 Å². The Hall–Kier alpha value is -2.76. The molecule has 28 heavy (non-hydrogen) atoms. The number of rotatable bonds is 7. The molecule has 0 radical (unpaired) electrons. The topological polar surface area (TPSA) is 63.2 Å². The normalized spacial score (nSPS) is 13.6. The molecule has 1 N–H and O–H groups in total. The number of nitrogens with one attached hydrogen (secondary N) is 1. The summed E-state index contributed by atoms with van der Waals surface area (Å²) in [5.74, 6) is -0.689. The van der Waals surface area contributed by atoms with Crippen molar-refractivity contribution in [1.82, 2.24) is 4.72 Å². The lowest BCUT2D eigenvalue weighted by Gasteiger charge is -2.25. The van der Waals surface area contributed by atoms with Gasteiger partial charge >= 0.3 is 0 Å². The van der Waals surface area contributed by atoms with Gasteiger partial charge in [-0.1, -0.05) is 85.3 Å². The number of sulfonamides is 1. The van der Waals surface area contributed by atoms with E-state index in [0.717, 1.165) is 11.1 Å². The van der Waals surface area contributed by atoms with Gasteiger partial charge in [0, 0.05) is 11.5 Å². The SMILES string of the molecule is Cc1ccc(S(=O)(=O)NC(c2ccccc2)C(C)C(=O)c2ccccc2)cc1. The molecular weight excluding hydrogens is 370 g/mol. The van der Waals surface area contributed by atoms with E-state index in [1.807, 2.05) is 43.3 Å². The summed E-state index contributed by atoms with van der Waals surface area (Å²) in [5.41, 5.74) is 2.28. The van der Waals surface area contributed by atoms with E-state index in [0.29, 0.717) is 5.56 Å². The molecule has 2 unspecified atom stereocenters. The van der Waals surface area contributed by atoms with Crippen LogP contribution in [-0.4, -0.2) is 14.2 Å². The second kappa shape index (κ2) is 8.50. The zero-order valence-electron chi connectivity index (χ0n) is 15.9. The van der Waals surface area contributed by atoms with Crippen molar-refractivity contribution in [2.24, 2.45) is 5.92 Å². The monoisotopic (exact) mass is 393 g/mol. The van der Waals surface area contributed by atoms with Crippen LogP contribution in [0.2, 0.25) is 0 Å². The van der Waals surface area contributed by atoms with Gasteiger partial charge in [-0.2, -0.15) is 0 Å². The summed E-state index contributed by atoms with van der Waals surface area (Å²) in [6.07, 6.45) is 0. The van der Waals surface area contributed by atoms with Gasteiger partial charge in [-0.25, -0.2) is 13.1 Å². The van der Waals surface area contributed by atoms with Gasteiger partial charge in [0.2, 0.25) is 10.0 Å². The molecule has 2 atom stereocenters. The predicted molar refractivity (Wildman–Crippen MR) is 111 cm³/mol. The van der Waals surface area contributed by atoms with Crippen molar-refractivity contribution in [2.75, 3.05) is 0 Å². The molecule has 144 valence electrons. The molecular formula is C23H23NO3S. The zero-order chi connectivity index (χ0) is 20.1. The van der Waals surface area contributed by atoms with Gasteiger partial charge in [-0.3, -0.25) is 4.79 Å². The molecule has 0 fully saturated rings. The number of benzene rings is 3.